The SMILES string of the molecule is C=C(C)c1ccc(O)c2c1C[C@]1(C)C[C@]3(C)CC(C)=C(C(C)=O)C(=O)[C@]3(O)C(=O)C1=C2O. The Bertz CT molecular complexity index is 1210. The van der Waals surface area contributed by atoms with Crippen LogP contribution in [-0.4, -0.2) is 38.3 Å². The number of carbonyl (C=O) groups excluding carboxylic acids is 3. The van der Waals surface area contributed by atoms with Gasteiger partial charge in [0.05, 0.1) is 11.1 Å². The van der Waals surface area contributed by atoms with Crippen LogP contribution in [0.2, 0.25) is 0 Å². The van der Waals surface area contributed by atoms with Gasteiger partial charge in [0.25, 0.3) is 0 Å². The van der Waals surface area contributed by atoms with Gasteiger partial charge >= 0.3 is 0 Å². The number of phenolic OH excluding ortho intramolecular Hbond substituents is 1. The molecule has 6 heteroatoms. The van der Waals surface area contributed by atoms with Crippen LogP contribution in [0, 0.1) is 10.8 Å². The molecular formula is C26H28O6. The number of aromatic hydroxyl groups is 1. The van der Waals surface area contributed by atoms with Crippen molar-refractivity contribution in [2.45, 2.75) is 59.5 Å². The molecule has 1 aromatic carbocycles. The van der Waals surface area contributed by atoms with Gasteiger partial charge in [-0.1, -0.05) is 37.6 Å². The van der Waals surface area contributed by atoms with Crippen LogP contribution in [0.15, 0.2) is 35.4 Å². The van der Waals surface area contributed by atoms with E-state index in [1.165, 1.54) is 13.0 Å². The van der Waals surface area contributed by atoms with Gasteiger partial charge < -0.3 is 15.3 Å². The molecule has 0 aromatic heterocycles. The number of allylic oxidation sites excluding steroid dienone is 2. The first-order valence-electron chi connectivity index (χ1n) is 10.7. The summed E-state index contributed by atoms with van der Waals surface area (Å²) in [5, 5.41) is 33.4. The van der Waals surface area contributed by atoms with Crippen molar-refractivity contribution < 1.29 is 29.7 Å². The molecule has 0 aliphatic heterocycles. The fourth-order valence-corrected chi connectivity index (χ4v) is 6.43. The van der Waals surface area contributed by atoms with Gasteiger partial charge in [0.15, 0.2) is 11.4 Å². The monoisotopic (exact) mass is 436 g/mol. The van der Waals surface area contributed by atoms with Gasteiger partial charge in [0, 0.05) is 16.4 Å². The first-order valence-corrected chi connectivity index (χ1v) is 10.7. The van der Waals surface area contributed by atoms with Crippen molar-refractivity contribution in [3.05, 3.63) is 52.1 Å². The average molecular weight is 437 g/mol. The number of hydrogen-bond donors (Lipinski definition) is 3. The van der Waals surface area contributed by atoms with Crippen LogP contribution in [0.3, 0.4) is 0 Å². The Labute approximate surface area is 187 Å². The Hall–Kier alpha value is -2.99. The van der Waals surface area contributed by atoms with Crippen LogP contribution < -0.4 is 0 Å². The van der Waals surface area contributed by atoms with Crippen LogP contribution in [0.1, 0.15) is 64.2 Å². The minimum Gasteiger partial charge on any atom is -0.507 e. The van der Waals surface area contributed by atoms with Gasteiger partial charge in [0.2, 0.25) is 11.6 Å². The molecule has 1 aromatic rings. The summed E-state index contributed by atoms with van der Waals surface area (Å²) >= 11 is 0. The quantitative estimate of drug-likeness (QED) is 0.480. The van der Waals surface area contributed by atoms with Crippen molar-refractivity contribution in [1.82, 2.24) is 0 Å². The van der Waals surface area contributed by atoms with Gasteiger partial charge in [-0.2, -0.15) is 0 Å². The van der Waals surface area contributed by atoms with Crippen molar-refractivity contribution in [3.8, 4) is 5.75 Å². The molecule has 0 amide bonds. The number of rotatable bonds is 2. The number of Topliss-reactive ketones (excluding diaryl/α,β-unsaturated/α-hetero) is 3. The molecule has 1 fully saturated rings. The van der Waals surface area contributed by atoms with E-state index in [4.69, 9.17) is 0 Å². The van der Waals surface area contributed by atoms with E-state index in [0.29, 0.717) is 17.6 Å². The second kappa shape index (κ2) is 6.51. The molecule has 32 heavy (non-hydrogen) atoms. The number of hydrogen-bond acceptors (Lipinski definition) is 6. The first kappa shape index (κ1) is 22.2. The Balaban J connectivity index is 2.03. The Morgan fingerprint density at radius 1 is 1.06 bits per heavy atom. The molecule has 0 heterocycles. The van der Waals surface area contributed by atoms with Crippen LogP contribution in [-0.2, 0) is 20.8 Å². The lowest BCUT2D eigenvalue weighted by molar-refractivity contribution is -0.171. The van der Waals surface area contributed by atoms with E-state index in [1.54, 1.807) is 19.9 Å². The van der Waals surface area contributed by atoms with Crippen molar-refractivity contribution in [3.63, 3.8) is 0 Å². The number of aliphatic hydroxyl groups is 2. The fourth-order valence-electron chi connectivity index (χ4n) is 6.43. The molecule has 0 bridgehead atoms. The summed E-state index contributed by atoms with van der Waals surface area (Å²) in [7, 11) is 0. The molecule has 4 rings (SSSR count). The zero-order valence-corrected chi connectivity index (χ0v) is 19.0. The third-order valence-electron chi connectivity index (χ3n) is 7.59. The largest absolute Gasteiger partial charge is 0.507 e. The Morgan fingerprint density at radius 3 is 2.25 bits per heavy atom. The standard InChI is InChI=1S/C26H28O6/c1-12(2)15-7-8-17(28)19-16(15)10-24(5)11-25(6)9-13(3)18(14(4)27)22(30)26(25,32)23(31)20(24)21(19)29/h7-8,28-29,32H,1,9-11H2,2-6H3/t24-,25+,26+/m1/s1. The molecule has 3 atom stereocenters. The van der Waals surface area contributed by atoms with Crippen LogP contribution in [0.4, 0.5) is 0 Å². The molecule has 0 unspecified atom stereocenters. The maximum Gasteiger partial charge on any atom is 0.206 e. The highest BCUT2D eigenvalue weighted by molar-refractivity contribution is 6.33. The van der Waals surface area contributed by atoms with Crippen LogP contribution in [0.5, 0.6) is 5.75 Å². The Morgan fingerprint density at radius 2 is 1.69 bits per heavy atom. The number of fused-ring (bicyclic) bond motifs is 3. The summed E-state index contributed by atoms with van der Waals surface area (Å²) in [6.07, 6.45) is 0.770. The number of benzene rings is 1. The molecule has 1 saturated carbocycles. The minimum atomic E-state index is -2.46. The number of ketones is 3. The second-order valence-corrected chi connectivity index (χ2v) is 10.2. The topological polar surface area (TPSA) is 112 Å². The molecule has 0 spiro atoms. The van der Waals surface area contributed by atoms with E-state index in [9.17, 15) is 29.7 Å². The Kier molecular flexibility index (Phi) is 4.52. The minimum absolute atomic E-state index is 0.0741. The van der Waals surface area contributed by atoms with E-state index < -0.39 is 39.5 Å². The number of carbonyl (C=O) groups is 3. The van der Waals surface area contributed by atoms with E-state index in [1.807, 2.05) is 13.8 Å². The van der Waals surface area contributed by atoms with Gasteiger partial charge in [-0.3, -0.25) is 14.4 Å². The van der Waals surface area contributed by atoms with E-state index in [2.05, 4.69) is 6.58 Å². The van der Waals surface area contributed by atoms with Crippen molar-refractivity contribution in [2.75, 3.05) is 0 Å². The van der Waals surface area contributed by atoms with Crippen LogP contribution >= 0.6 is 0 Å². The smallest absolute Gasteiger partial charge is 0.206 e. The highest BCUT2D eigenvalue weighted by Gasteiger charge is 2.69. The summed E-state index contributed by atoms with van der Waals surface area (Å²) in [6, 6.07) is 3.16. The predicted molar refractivity (Wildman–Crippen MR) is 120 cm³/mol. The van der Waals surface area contributed by atoms with E-state index in [-0.39, 0.29) is 35.3 Å². The van der Waals surface area contributed by atoms with Crippen LogP contribution in [0.25, 0.3) is 11.3 Å². The summed E-state index contributed by atoms with van der Waals surface area (Å²) < 4.78 is 0. The zero-order valence-electron chi connectivity index (χ0n) is 19.0. The number of phenols is 1. The third kappa shape index (κ3) is 2.53. The lowest BCUT2D eigenvalue weighted by Crippen LogP contribution is -2.67. The maximum atomic E-state index is 13.8. The van der Waals surface area contributed by atoms with Gasteiger partial charge in [-0.05, 0) is 57.2 Å². The molecule has 3 N–H and O–H groups in total. The summed E-state index contributed by atoms with van der Waals surface area (Å²) in [5.41, 5.74) is -1.83. The zero-order chi connectivity index (χ0) is 24.0. The molecular weight excluding hydrogens is 408 g/mol. The van der Waals surface area contributed by atoms with Gasteiger partial charge in [-0.25, -0.2) is 0 Å². The van der Waals surface area contributed by atoms with Gasteiger partial charge in [-0.15, -0.1) is 0 Å². The van der Waals surface area contributed by atoms with E-state index in [0.717, 1.165) is 11.1 Å². The first-order chi connectivity index (χ1) is 14.7. The normalized spacial score (nSPS) is 31.8. The van der Waals surface area contributed by atoms with E-state index >= 15 is 0 Å². The lowest BCUT2D eigenvalue weighted by Gasteiger charge is -2.56. The van der Waals surface area contributed by atoms with Crippen molar-refractivity contribution in [2.24, 2.45) is 10.8 Å². The lowest BCUT2D eigenvalue weighted by atomic mass is 9.46. The predicted octanol–water partition coefficient (Wildman–Crippen LogP) is 3.85. The van der Waals surface area contributed by atoms with Crippen molar-refractivity contribution >= 4 is 28.7 Å². The van der Waals surface area contributed by atoms with Gasteiger partial charge in [0.1, 0.15) is 11.5 Å². The summed E-state index contributed by atoms with van der Waals surface area (Å²) in [4.78, 5) is 39.4. The maximum absolute atomic E-state index is 13.8. The molecule has 168 valence electrons. The highest BCUT2D eigenvalue weighted by Crippen LogP contribution is 2.62. The highest BCUT2D eigenvalue weighted by atomic mass is 16.3. The molecule has 0 radical (unpaired) electrons. The summed E-state index contributed by atoms with van der Waals surface area (Å²) in [5.74, 6) is -2.93. The third-order valence-corrected chi connectivity index (χ3v) is 7.59. The average Bonchev–Trinajstić information content (AvgIpc) is 2.63. The molecule has 3 aliphatic carbocycles. The number of aliphatic hydroxyl groups excluding tert-OH is 1. The molecule has 6 nitrogen and oxygen atoms in total. The molecule has 0 saturated heterocycles. The molecule has 3 aliphatic rings. The fraction of sp³-hybridized carbons (Fsp3) is 0.423. The van der Waals surface area contributed by atoms with Crippen molar-refractivity contribution in [1.29, 1.82) is 0 Å². The summed E-state index contributed by atoms with van der Waals surface area (Å²) in [6.45, 7) is 12.3. The second-order valence-electron chi connectivity index (χ2n) is 10.2.